The fourth-order valence-electron chi connectivity index (χ4n) is 2.94. The summed E-state index contributed by atoms with van der Waals surface area (Å²) in [6.45, 7) is 3.96. The van der Waals surface area contributed by atoms with Crippen LogP contribution in [-0.4, -0.2) is 26.9 Å². The van der Waals surface area contributed by atoms with Crippen molar-refractivity contribution in [3.63, 3.8) is 0 Å². The number of hydrogen-bond acceptors (Lipinski definition) is 6. The van der Waals surface area contributed by atoms with E-state index in [0.29, 0.717) is 17.0 Å². The van der Waals surface area contributed by atoms with E-state index in [2.05, 4.69) is 14.1 Å². The highest BCUT2D eigenvalue weighted by Gasteiger charge is 2.32. The molecule has 3 aromatic rings. The average Bonchev–Trinajstić information content (AvgIpc) is 3.16. The summed E-state index contributed by atoms with van der Waals surface area (Å²) in [6, 6.07) is 11.2. The van der Waals surface area contributed by atoms with Gasteiger partial charge in [-0.1, -0.05) is 18.2 Å². The molecular formula is C18H17N3O3S. The van der Waals surface area contributed by atoms with Gasteiger partial charge in [0.2, 0.25) is 0 Å². The molecular weight excluding hydrogens is 338 g/mol. The van der Waals surface area contributed by atoms with E-state index in [1.807, 2.05) is 44.2 Å². The summed E-state index contributed by atoms with van der Waals surface area (Å²) in [7, 11) is 0. The summed E-state index contributed by atoms with van der Waals surface area (Å²) in [5.74, 6) is 1.06. The van der Waals surface area contributed by atoms with Gasteiger partial charge in [-0.15, -0.1) is 0 Å². The maximum atomic E-state index is 12.3. The highest BCUT2D eigenvalue weighted by molar-refractivity contribution is 7.00. The maximum absolute atomic E-state index is 12.3. The summed E-state index contributed by atoms with van der Waals surface area (Å²) in [6.07, 6.45) is 0.824. The molecule has 0 atom stereocenters. The lowest BCUT2D eigenvalue weighted by atomic mass is 10.0. The molecule has 6 nitrogen and oxygen atoms in total. The van der Waals surface area contributed by atoms with Crippen LogP contribution < -0.4 is 14.8 Å². The molecule has 0 fully saturated rings. The topological polar surface area (TPSA) is 73.3 Å². The SMILES string of the molecule is CC1(C)Cc2cccc(OCC(=O)Nc3cccc4nsnc34)c2O1. The Labute approximate surface area is 149 Å². The standard InChI is InChI=1S/C18H17N3O3S/c1-18(2)9-11-5-3-8-14(17(11)24-18)23-10-15(22)19-12-6-4-7-13-16(12)21-25-20-13/h3-8H,9-10H2,1-2H3,(H,19,22). The number of ether oxygens (including phenoxy) is 2. The lowest BCUT2D eigenvalue weighted by Crippen LogP contribution is -2.25. The highest BCUT2D eigenvalue weighted by Crippen LogP contribution is 2.41. The first-order chi connectivity index (χ1) is 12.0. The lowest BCUT2D eigenvalue weighted by molar-refractivity contribution is -0.118. The molecule has 7 heteroatoms. The fourth-order valence-corrected chi connectivity index (χ4v) is 3.49. The minimum Gasteiger partial charge on any atom is -0.483 e. The number of carbonyl (C=O) groups excluding carboxylic acids is 1. The molecule has 1 amide bonds. The minimum atomic E-state index is -0.254. The van der Waals surface area contributed by atoms with Crippen molar-refractivity contribution in [3.8, 4) is 11.5 Å². The van der Waals surface area contributed by atoms with E-state index >= 15 is 0 Å². The Morgan fingerprint density at radius 2 is 2.12 bits per heavy atom. The van der Waals surface area contributed by atoms with E-state index in [0.717, 1.165) is 35.0 Å². The highest BCUT2D eigenvalue weighted by atomic mass is 32.1. The van der Waals surface area contributed by atoms with Gasteiger partial charge >= 0.3 is 0 Å². The van der Waals surface area contributed by atoms with Gasteiger partial charge in [0.25, 0.3) is 5.91 Å². The number of nitrogens with one attached hydrogen (secondary N) is 1. The number of fused-ring (bicyclic) bond motifs is 2. The fraction of sp³-hybridized carbons (Fsp3) is 0.278. The predicted molar refractivity (Wildman–Crippen MR) is 96.4 cm³/mol. The van der Waals surface area contributed by atoms with Crippen LogP contribution in [0.15, 0.2) is 36.4 Å². The molecule has 0 unspecified atom stereocenters. The number of para-hydroxylation sites is 1. The maximum Gasteiger partial charge on any atom is 0.262 e. The molecule has 0 radical (unpaired) electrons. The predicted octanol–water partition coefficient (Wildman–Crippen LogP) is 3.42. The van der Waals surface area contributed by atoms with E-state index in [1.54, 1.807) is 6.07 Å². The molecule has 0 spiro atoms. The molecule has 25 heavy (non-hydrogen) atoms. The van der Waals surface area contributed by atoms with E-state index in [9.17, 15) is 4.79 Å². The van der Waals surface area contributed by atoms with Crippen LogP contribution in [0.5, 0.6) is 11.5 Å². The molecule has 0 aliphatic carbocycles. The number of benzene rings is 2. The van der Waals surface area contributed by atoms with Gasteiger partial charge in [0.05, 0.1) is 17.4 Å². The van der Waals surface area contributed by atoms with Gasteiger partial charge in [-0.05, 0) is 32.0 Å². The van der Waals surface area contributed by atoms with Crippen molar-refractivity contribution in [3.05, 3.63) is 42.0 Å². The summed E-state index contributed by atoms with van der Waals surface area (Å²) in [5.41, 5.74) is 2.93. The van der Waals surface area contributed by atoms with Gasteiger partial charge in [-0.3, -0.25) is 4.79 Å². The van der Waals surface area contributed by atoms with Gasteiger partial charge in [-0.25, -0.2) is 0 Å². The van der Waals surface area contributed by atoms with Gasteiger partial charge in [0.15, 0.2) is 18.1 Å². The second-order valence-corrected chi connectivity index (χ2v) is 7.09. The van der Waals surface area contributed by atoms with E-state index in [4.69, 9.17) is 9.47 Å². The van der Waals surface area contributed by atoms with Crippen LogP contribution in [0.25, 0.3) is 11.0 Å². The Hall–Kier alpha value is -2.67. The summed E-state index contributed by atoms with van der Waals surface area (Å²) >= 11 is 1.12. The van der Waals surface area contributed by atoms with E-state index in [1.165, 1.54) is 0 Å². The summed E-state index contributed by atoms with van der Waals surface area (Å²) < 4.78 is 20.0. The molecule has 2 aromatic carbocycles. The van der Waals surface area contributed by atoms with Crippen molar-refractivity contribution in [2.75, 3.05) is 11.9 Å². The Morgan fingerprint density at radius 3 is 3.00 bits per heavy atom. The van der Waals surface area contributed by atoms with Gasteiger partial charge in [0.1, 0.15) is 16.6 Å². The minimum absolute atomic E-state index is 0.103. The van der Waals surface area contributed by atoms with Crippen LogP contribution in [0.2, 0.25) is 0 Å². The van der Waals surface area contributed by atoms with E-state index < -0.39 is 0 Å². The monoisotopic (exact) mass is 355 g/mol. The third kappa shape index (κ3) is 3.15. The van der Waals surface area contributed by atoms with Gasteiger partial charge in [0, 0.05) is 12.0 Å². The Kier molecular flexibility index (Phi) is 3.80. The first-order valence-corrected chi connectivity index (χ1v) is 8.70. The molecule has 1 aliphatic heterocycles. The van der Waals surface area contributed by atoms with Crippen LogP contribution in [0.3, 0.4) is 0 Å². The van der Waals surface area contributed by atoms with Gasteiger partial charge < -0.3 is 14.8 Å². The van der Waals surface area contributed by atoms with Crippen molar-refractivity contribution in [1.82, 2.24) is 8.75 Å². The zero-order chi connectivity index (χ0) is 17.4. The van der Waals surface area contributed by atoms with Crippen molar-refractivity contribution >= 4 is 34.4 Å². The molecule has 1 aromatic heterocycles. The first kappa shape index (κ1) is 15.8. The molecule has 0 saturated heterocycles. The second-order valence-electron chi connectivity index (χ2n) is 6.56. The van der Waals surface area contributed by atoms with Crippen molar-refractivity contribution in [2.24, 2.45) is 0 Å². The zero-order valence-electron chi connectivity index (χ0n) is 13.9. The molecule has 1 N–H and O–H groups in total. The number of amides is 1. The van der Waals surface area contributed by atoms with Crippen molar-refractivity contribution < 1.29 is 14.3 Å². The normalized spacial score (nSPS) is 14.8. The average molecular weight is 355 g/mol. The second kappa shape index (κ2) is 6.00. The number of aromatic nitrogens is 2. The third-order valence-corrected chi connectivity index (χ3v) is 4.52. The van der Waals surface area contributed by atoms with Crippen LogP contribution in [0, 0.1) is 0 Å². The van der Waals surface area contributed by atoms with E-state index in [-0.39, 0.29) is 18.1 Å². The number of carbonyl (C=O) groups is 1. The van der Waals surface area contributed by atoms with Gasteiger partial charge in [-0.2, -0.15) is 8.75 Å². The van der Waals surface area contributed by atoms with Crippen molar-refractivity contribution in [2.45, 2.75) is 25.9 Å². The Bertz CT molecular complexity index is 952. The van der Waals surface area contributed by atoms with Crippen LogP contribution in [0.4, 0.5) is 5.69 Å². The quantitative estimate of drug-likeness (QED) is 0.776. The summed E-state index contributed by atoms with van der Waals surface area (Å²) in [4.78, 5) is 12.3. The zero-order valence-corrected chi connectivity index (χ0v) is 14.7. The third-order valence-electron chi connectivity index (χ3n) is 3.97. The largest absolute Gasteiger partial charge is 0.483 e. The molecule has 1 aliphatic rings. The van der Waals surface area contributed by atoms with Crippen molar-refractivity contribution in [1.29, 1.82) is 0 Å². The van der Waals surface area contributed by atoms with Crippen LogP contribution >= 0.6 is 11.7 Å². The molecule has 0 saturated carbocycles. The Morgan fingerprint density at radius 1 is 1.28 bits per heavy atom. The smallest absolute Gasteiger partial charge is 0.262 e. The molecule has 4 rings (SSSR count). The number of anilines is 1. The number of rotatable bonds is 4. The molecule has 128 valence electrons. The van der Waals surface area contributed by atoms with Crippen LogP contribution in [-0.2, 0) is 11.2 Å². The number of hydrogen-bond donors (Lipinski definition) is 1. The summed E-state index contributed by atoms with van der Waals surface area (Å²) in [5, 5.41) is 2.82. The van der Waals surface area contributed by atoms with Crippen LogP contribution in [0.1, 0.15) is 19.4 Å². The Balaban J connectivity index is 1.45. The first-order valence-electron chi connectivity index (χ1n) is 7.97. The lowest BCUT2D eigenvalue weighted by Gasteiger charge is -2.18. The number of nitrogens with zero attached hydrogens (tertiary/aromatic N) is 2. The molecule has 2 heterocycles. The molecule has 0 bridgehead atoms.